The van der Waals surface area contributed by atoms with Crippen molar-refractivity contribution in [1.29, 1.82) is 0 Å². The molecule has 1 N–H and O–H groups in total. The largest absolute Gasteiger partial charge is 0.310 e. The quantitative estimate of drug-likeness (QED) is 0.872. The number of halogens is 3. The molecule has 0 bridgehead atoms. The molecular formula is C16H16F3N. The van der Waals surface area contributed by atoms with Crippen LogP contribution in [0.3, 0.4) is 0 Å². The Balaban J connectivity index is 2.27. The third kappa shape index (κ3) is 3.39. The van der Waals surface area contributed by atoms with E-state index in [-0.39, 0.29) is 11.9 Å². The Morgan fingerprint density at radius 2 is 1.70 bits per heavy atom. The molecule has 1 atom stereocenters. The summed E-state index contributed by atoms with van der Waals surface area (Å²) in [7, 11) is 0. The number of hydrogen-bond donors (Lipinski definition) is 1. The second kappa shape index (κ2) is 6.57. The summed E-state index contributed by atoms with van der Waals surface area (Å²) in [4.78, 5) is 0. The molecule has 0 saturated carbocycles. The Kier molecular flexibility index (Phi) is 4.79. The predicted octanol–water partition coefficient (Wildman–Crippen LogP) is 4.00. The van der Waals surface area contributed by atoms with Gasteiger partial charge in [-0.3, -0.25) is 0 Å². The zero-order valence-corrected chi connectivity index (χ0v) is 11.2. The van der Waals surface area contributed by atoms with Crippen molar-refractivity contribution in [2.75, 3.05) is 6.54 Å². The van der Waals surface area contributed by atoms with Crippen LogP contribution in [0.2, 0.25) is 0 Å². The first-order chi connectivity index (χ1) is 9.61. The fourth-order valence-electron chi connectivity index (χ4n) is 2.17. The second-order valence-corrected chi connectivity index (χ2v) is 4.58. The highest BCUT2D eigenvalue weighted by molar-refractivity contribution is 5.25. The van der Waals surface area contributed by atoms with E-state index in [9.17, 15) is 13.2 Å². The lowest BCUT2D eigenvalue weighted by atomic mass is 9.98. The first-order valence-corrected chi connectivity index (χ1v) is 6.53. The molecule has 2 rings (SSSR count). The summed E-state index contributed by atoms with van der Waals surface area (Å²) >= 11 is 0. The van der Waals surface area contributed by atoms with Gasteiger partial charge in [-0.05, 0) is 42.3 Å². The van der Waals surface area contributed by atoms with Crippen molar-refractivity contribution < 1.29 is 13.2 Å². The van der Waals surface area contributed by atoms with Crippen LogP contribution in [0.25, 0.3) is 0 Å². The third-order valence-electron chi connectivity index (χ3n) is 3.18. The van der Waals surface area contributed by atoms with E-state index in [1.54, 1.807) is 18.2 Å². The van der Waals surface area contributed by atoms with Crippen LogP contribution in [0, 0.1) is 17.5 Å². The van der Waals surface area contributed by atoms with Gasteiger partial charge in [0.15, 0.2) is 11.6 Å². The molecule has 1 nitrogen and oxygen atoms in total. The van der Waals surface area contributed by atoms with E-state index in [0.29, 0.717) is 24.1 Å². The van der Waals surface area contributed by atoms with Crippen LogP contribution in [0.1, 0.15) is 24.1 Å². The summed E-state index contributed by atoms with van der Waals surface area (Å²) in [5.74, 6) is -2.06. The maximum absolute atomic E-state index is 13.7. The molecule has 0 amide bonds. The summed E-state index contributed by atoms with van der Waals surface area (Å²) in [5.41, 5.74) is 1.15. The van der Waals surface area contributed by atoms with Crippen molar-refractivity contribution in [2.24, 2.45) is 0 Å². The minimum atomic E-state index is -0.890. The topological polar surface area (TPSA) is 12.0 Å². The van der Waals surface area contributed by atoms with Gasteiger partial charge in [0.1, 0.15) is 5.82 Å². The van der Waals surface area contributed by atoms with E-state index in [4.69, 9.17) is 0 Å². The normalized spacial score (nSPS) is 12.4. The van der Waals surface area contributed by atoms with Crippen LogP contribution in [-0.2, 0) is 6.42 Å². The fourth-order valence-corrected chi connectivity index (χ4v) is 2.17. The standard InChI is InChI=1S/C16H16F3N/c1-2-20-16(10-11-5-3-4-6-13(11)17)12-7-8-14(18)15(19)9-12/h3-9,16,20H,2,10H2,1H3. The Hall–Kier alpha value is -1.81. The molecular weight excluding hydrogens is 263 g/mol. The van der Waals surface area contributed by atoms with Gasteiger partial charge in [-0.1, -0.05) is 31.2 Å². The Morgan fingerprint density at radius 1 is 0.950 bits per heavy atom. The third-order valence-corrected chi connectivity index (χ3v) is 3.18. The Morgan fingerprint density at radius 3 is 2.35 bits per heavy atom. The molecule has 0 saturated heterocycles. The maximum atomic E-state index is 13.7. The lowest BCUT2D eigenvalue weighted by Gasteiger charge is -2.19. The van der Waals surface area contributed by atoms with Gasteiger partial charge in [-0.2, -0.15) is 0 Å². The van der Waals surface area contributed by atoms with Gasteiger partial charge < -0.3 is 5.32 Å². The van der Waals surface area contributed by atoms with E-state index in [0.717, 1.165) is 12.1 Å². The van der Waals surface area contributed by atoms with Crippen LogP contribution in [0.15, 0.2) is 42.5 Å². The van der Waals surface area contributed by atoms with Crippen molar-refractivity contribution in [1.82, 2.24) is 5.32 Å². The van der Waals surface area contributed by atoms with E-state index in [1.807, 2.05) is 6.92 Å². The molecule has 0 heterocycles. The van der Waals surface area contributed by atoms with E-state index < -0.39 is 11.6 Å². The lowest BCUT2D eigenvalue weighted by Crippen LogP contribution is -2.23. The van der Waals surface area contributed by atoms with E-state index in [1.165, 1.54) is 12.1 Å². The second-order valence-electron chi connectivity index (χ2n) is 4.58. The van der Waals surface area contributed by atoms with Crippen molar-refractivity contribution in [3.05, 3.63) is 71.0 Å². The Bertz CT molecular complexity index is 584. The van der Waals surface area contributed by atoms with Gasteiger partial charge in [0.2, 0.25) is 0 Å². The van der Waals surface area contributed by atoms with Crippen molar-refractivity contribution >= 4 is 0 Å². The molecule has 0 fully saturated rings. The summed E-state index contributed by atoms with van der Waals surface area (Å²) in [6.45, 7) is 2.56. The molecule has 1 unspecified atom stereocenters. The van der Waals surface area contributed by atoms with Crippen LogP contribution in [0.4, 0.5) is 13.2 Å². The lowest BCUT2D eigenvalue weighted by molar-refractivity contribution is 0.494. The Labute approximate surface area is 116 Å². The van der Waals surface area contributed by atoms with Crippen molar-refractivity contribution in [3.63, 3.8) is 0 Å². The van der Waals surface area contributed by atoms with E-state index in [2.05, 4.69) is 5.32 Å². The fraction of sp³-hybridized carbons (Fsp3) is 0.250. The highest BCUT2D eigenvalue weighted by Gasteiger charge is 2.15. The molecule has 0 aliphatic carbocycles. The number of rotatable bonds is 5. The van der Waals surface area contributed by atoms with Gasteiger partial charge in [-0.15, -0.1) is 0 Å². The summed E-state index contributed by atoms with van der Waals surface area (Å²) in [5, 5.41) is 3.17. The first-order valence-electron chi connectivity index (χ1n) is 6.53. The highest BCUT2D eigenvalue weighted by Crippen LogP contribution is 2.22. The predicted molar refractivity (Wildman–Crippen MR) is 72.9 cm³/mol. The highest BCUT2D eigenvalue weighted by atomic mass is 19.2. The van der Waals surface area contributed by atoms with Gasteiger partial charge >= 0.3 is 0 Å². The minimum absolute atomic E-state index is 0.257. The molecule has 0 aliphatic rings. The van der Waals surface area contributed by atoms with Crippen molar-refractivity contribution in [2.45, 2.75) is 19.4 Å². The summed E-state index contributed by atoms with van der Waals surface area (Å²) < 4.78 is 40.0. The average molecular weight is 279 g/mol. The molecule has 0 aromatic heterocycles. The first kappa shape index (κ1) is 14.6. The molecule has 0 radical (unpaired) electrons. The monoisotopic (exact) mass is 279 g/mol. The molecule has 2 aromatic carbocycles. The van der Waals surface area contributed by atoms with Crippen LogP contribution >= 0.6 is 0 Å². The van der Waals surface area contributed by atoms with Crippen molar-refractivity contribution in [3.8, 4) is 0 Å². The molecule has 4 heteroatoms. The van der Waals surface area contributed by atoms with Crippen LogP contribution < -0.4 is 5.32 Å². The summed E-state index contributed by atoms with van der Waals surface area (Å²) in [6, 6.07) is 9.98. The molecule has 20 heavy (non-hydrogen) atoms. The van der Waals surface area contributed by atoms with Crippen LogP contribution in [0.5, 0.6) is 0 Å². The van der Waals surface area contributed by atoms with Gasteiger partial charge in [0, 0.05) is 6.04 Å². The molecule has 0 aliphatic heterocycles. The molecule has 0 spiro atoms. The smallest absolute Gasteiger partial charge is 0.159 e. The SMILES string of the molecule is CCNC(Cc1ccccc1F)c1ccc(F)c(F)c1. The molecule has 106 valence electrons. The van der Waals surface area contributed by atoms with E-state index >= 15 is 0 Å². The summed E-state index contributed by atoms with van der Waals surface area (Å²) in [6.07, 6.45) is 0.381. The number of nitrogens with one attached hydrogen (secondary N) is 1. The van der Waals surface area contributed by atoms with Crippen LogP contribution in [-0.4, -0.2) is 6.54 Å². The van der Waals surface area contributed by atoms with Gasteiger partial charge in [0.05, 0.1) is 0 Å². The maximum Gasteiger partial charge on any atom is 0.159 e. The number of hydrogen-bond acceptors (Lipinski definition) is 1. The number of benzene rings is 2. The number of likely N-dealkylation sites (N-methyl/N-ethyl adjacent to an activating group) is 1. The molecule has 2 aromatic rings. The minimum Gasteiger partial charge on any atom is -0.310 e. The van der Waals surface area contributed by atoms with Gasteiger partial charge in [-0.25, -0.2) is 13.2 Å². The zero-order chi connectivity index (χ0) is 14.5. The average Bonchev–Trinajstić information content (AvgIpc) is 2.44. The zero-order valence-electron chi connectivity index (χ0n) is 11.2. The van der Waals surface area contributed by atoms with Gasteiger partial charge in [0.25, 0.3) is 0 Å².